The van der Waals surface area contributed by atoms with Crippen LogP contribution in [-0.4, -0.2) is 30.5 Å². The molecule has 1 heterocycles. The Morgan fingerprint density at radius 1 is 1.40 bits per heavy atom. The van der Waals surface area contributed by atoms with E-state index in [2.05, 4.69) is 5.43 Å². The van der Waals surface area contributed by atoms with Gasteiger partial charge in [-0.3, -0.25) is 4.79 Å². The Bertz CT molecular complexity index is 396. The average Bonchev–Trinajstić information content (AvgIpc) is 2.65. The first kappa shape index (κ1) is 9.71. The van der Waals surface area contributed by atoms with Gasteiger partial charge in [-0.25, -0.2) is 0 Å². The molecule has 0 aromatic heterocycles. The number of ether oxygens (including phenoxy) is 1. The maximum atomic E-state index is 11.0. The SMILES string of the molecule is COc1ccc(C=[N+]2CCC(=O)N2)cc1. The van der Waals surface area contributed by atoms with Crippen molar-refractivity contribution in [3.8, 4) is 5.75 Å². The smallest absolute Gasteiger partial charge is 0.280 e. The van der Waals surface area contributed by atoms with Gasteiger partial charge in [-0.15, -0.1) is 10.1 Å². The van der Waals surface area contributed by atoms with Gasteiger partial charge < -0.3 is 4.74 Å². The molecule has 1 N–H and O–H groups in total. The number of nitrogens with zero attached hydrogens (tertiary/aromatic N) is 1. The number of carbonyl (C=O) groups excluding carboxylic acids is 1. The van der Waals surface area contributed by atoms with E-state index in [1.54, 1.807) is 11.8 Å². The van der Waals surface area contributed by atoms with Gasteiger partial charge in [-0.1, -0.05) is 0 Å². The van der Waals surface area contributed by atoms with Crippen molar-refractivity contribution >= 4 is 12.1 Å². The molecule has 1 aromatic rings. The summed E-state index contributed by atoms with van der Waals surface area (Å²) in [6, 6.07) is 7.68. The molecule has 2 rings (SSSR count). The molecule has 1 saturated heterocycles. The summed E-state index contributed by atoms with van der Waals surface area (Å²) in [6.45, 7) is 0.727. The van der Waals surface area contributed by atoms with Gasteiger partial charge in [-0.2, -0.15) is 0 Å². The van der Waals surface area contributed by atoms with Gasteiger partial charge in [0.2, 0.25) is 6.21 Å². The van der Waals surface area contributed by atoms with E-state index >= 15 is 0 Å². The van der Waals surface area contributed by atoms with Crippen molar-refractivity contribution in [2.24, 2.45) is 0 Å². The molecule has 15 heavy (non-hydrogen) atoms. The molecule has 0 radical (unpaired) electrons. The Morgan fingerprint density at radius 3 is 2.67 bits per heavy atom. The van der Waals surface area contributed by atoms with Gasteiger partial charge in [0.05, 0.1) is 13.5 Å². The second kappa shape index (κ2) is 4.13. The van der Waals surface area contributed by atoms with Crippen molar-refractivity contribution in [3.63, 3.8) is 0 Å². The quantitative estimate of drug-likeness (QED) is 0.717. The third-order valence-electron chi connectivity index (χ3n) is 2.27. The van der Waals surface area contributed by atoms with Gasteiger partial charge in [0.25, 0.3) is 5.91 Å². The lowest BCUT2D eigenvalue weighted by Gasteiger charge is -1.98. The average molecular weight is 205 g/mol. The molecule has 1 fully saturated rings. The molecular formula is C11H13N2O2+. The van der Waals surface area contributed by atoms with Crippen LogP contribution in [0.5, 0.6) is 5.75 Å². The Kier molecular flexibility index (Phi) is 2.67. The fraction of sp³-hybridized carbons (Fsp3) is 0.273. The van der Waals surface area contributed by atoms with Crippen LogP contribution in [-0.2, 0) is 4.79 Å². The Morgan fingerprint density at radius 2 is 2.13 bits per heavy atom. The Hall–Kier alpha value is -1.84. The predicted molar refractivity (Wildman–Crippen MR) is 56.0 cm³/mol. The molecule has 4 nitrogen and oxygen atoms in total. The highest BCUT2D eigenvalue weighted by Crippen LogP contribution is 2.09. The maximum Gasteiger partial charge on any atom is 0.280 e. The lowest BCUT2D eigenvalue weighted by atomic mass is 10.2. The standard InChI is InChI=1S/C11H12N2O2/c1-15-10-4-2-9(3-5-10)8-13-7-6-11(14)12-13/h2-5,8H,6-7H2,1H3/p+1. The molecule has 4 heteroatoms. The second-order valence-electron chi connectivity index (χ2n) is 3.38. The van der Waals surface area contributed by atoms with Crippen LogP contribution in [0.4, 0.5) is 0 Å². The number of rotatable bonds is 2. The third kappa shape index (κ3) is 2.34. The molecule has 1 aliphatic rings. The molecule has 0 unspecified atom stereocenters. The number of hydrazine groups is 1. The highest BCUT2D eigenvalue weighted by atomic mass is 16.5. The summed E-state index contributed by atoms with van der Waals surface area (Å²) in [4.78, 5) is 11.0. The second-order valence-corrected chi connectivity index (χ2v) is 3.38. The molecule has 0 saturated carbocycles. The van der Waals surface area contributed by atoms with Crippen molar-refractivity contribution in [1.82, 2.24) is 5.43 Å². The molecule has 0 atom stereocenters. The fourth-order valence-corrected chi connectivity index (χ4v) is 1.46. The Balaban J connectivity index is 2.13. The number of benzene rings is 1. The lowest BCUT2D eigenvalue weighted by molar-refractivity contribution is -0.553. The van der Waals surface area contributed by atoms with E-state index in [1.165, 1.54) is 0 Å². The fourth-order valence-electron chi connectivity index (χ4n) is 1.46. The maximum absolute atomic E-state index is 11.0. The number of hydrogen-bond acceptors (Lipinski definition) is 2. The third-order valence-corrected chi connectivity index (χ3v) is 2.27. The monoisotopic (exact) mass is 205 g/mol. The largest absolute Gasteiger partial charge is 0.497 e. The molecule has 1 amide bonds. The van der Waals surface area contributed by atoms with Crippen molar-refractivity contribution in [2.45, 2.75) is 6.42 Å². The number of carbonyl (C=O) groups is 1. The summed E-state index contributed by atoms with van der Waals surface area (Å²) in [5.41, 5.74) is 3.78. The summed E-state index contributed by atoms with van der Waals surface area (Å²) < 4.78 is 6.85. The lowest BCUT2D eigenvalue weighted by Crippen LogP contribution is -2.25. The summed E-state index contributed by atoms with van der Waals surface area (Å²) >= 11 is 0. The van der Waals surface area contributed by atoms with Crippen LogP contribution in [0.3, 0.4) is 0 Å². The predicted octanol–water partition coefficient (Wildman–Crippen LogP) is 0.561. The van der Waals surface area contributed by atoms with Crippen LogP contribution in [0.1, 0.15) is 12.0 Å². The highest BCUT2D eigenvalue weighted by Gasteiger charge is 2.20. The van der Waals surface area contributed by atoms with E-state index < -0.39 is 0 Å². The van der Waals surface area contributed by atoms with Crippen molar-refractivity contribution in [2.75, 3.05) is 13.7 Å². The van der Waals surface area contributed by atoms with Crippen LogP contribution in [0, 0.1) is 0 Å². The van der Waals surface area contributed by atoms with Crippen LogP contribution in [0.15, 0.2) is 24.3 Å². The summed E-state index contributed by atoms with van der Waals surface area (Å²) in [7, 11) is 1.64. The molecule has 78 valence electrons. The number of amides is 1. The first-order chi connectivity index (χ1) is 7.28. The zero-order chi connectivity index (χ0) is 10.7. The van der Waals surface area contributed by atoms with Gasteiger partial charge in [0.15, 0.2) is 6.54 Å². The van der Waals surface area contributed by atoms with E-state index in [9.17, 15) is 4.79 Å². The first-order valence-corrected chi connectivity index (χ1v) is 4.83. The number of nitrogens with one attached hydrogen (secondary N) is 1. The van der Waals surface area contributed by atoms with Gasteiger partial charge in [-0.05, 0) is 24.3 Å². The van der Waals surface area contributed by atoms with Gasteiger partial charge in [0.1, 0.15) is 5.75 Å². The highest BCUT2D eigenvalue weighted by molar-refractivity contribution is 5.79. The minimum atomic E-state index is 0.0692. The van der Waals surface area contributed by atoms with E-state index in [-0.39, 0.29) is 5.91 Å². The molecular weight excluding hydrogens is 192 g/mol. The van der Waals surface area contributed by atoms with Crippen molar-refractivity contribution < 1.29 is 14.2 Å². The molecule has 1 aliphatic heterocycles. The normalized spacial score (nSPS) is 17.9. The van der Waals surface area contributed by atoms with E-state index in [1.807, 2.05) is 30.5 Å². The van der Waals surface area contributed by atoms with E-state index in [4.69, 9.17) is 4.74 Å². The van der Waals surface area contributed by atoms with Crippen LogP contribution >= 0.6 is 0 Å². The number of methoxy groups -OCH3 is 1. The summed E-state index contributed by atoms with van der Waals surface area (Å²) in [5, 5.41) is 0. The zero-order valence-corrected chi connectivity index (χ0v) is 8.56. The topological polar surface area (TPSA) is 41.3 Å². The van der Waals surface area contributed by atoms with E-state index in [0.29, 0.717) is 6.42 Å². The minimum absolute atomic E-state index is 0.0692. The minimum Gasteiger partial charge on any atom is -0.497 e. The zero-order valence-electron chi connectivity index (χ0n) is 8.56. The number of hydrazone groups is 1. The molecule has 1 aromatic carbocycles. The van der Waals surface area contributed by atoms with Gasteiger partial charge >= 0.3 is 0 Å². The molecule has 0 aliphatic carbocycles. The summed E-state index contributed by atoms with van der Waals surface area (Å²) in [6.07, 6.45) is 2.47. The first-order valence-electron chi connectivity index (χ1n) is 4.83. The number of hydrogen-bond donors (Lipinski definition) is 1. The summed E-state index contributed by atoms with van der Waals surface area (Å²) in [5.74, 6) is 0.900. The van der Waals surface area contributed by atoms with E-state index in [0.717, 1.165) is 17.9 Å². The molecule has 0 bridgehead atoms. The van der Waals surface area contributed by atoms with Crippen molar-refractivity contribution in [3.05, 3.63) is 29.8 Å². The van der Waals surface area contributed by atoms with Crippen molar-refractivity contribution in [1.29, 1.82) is 0 Å². The van der Waals surface area contributed by atoms with Gasteiger partial charge in [0, 0.05) is 5.56 Å². The van der Waals surface area contributed by atoms with Crippen LogP contribution in [0.2, 0.25) is 0 Å². The van der Waals surface area contributed by atoms with Crippen LogP contribution in [0.25, 0.3) is 0 Å². The Labute approximate surface area is 88.2 Å². The molecule has 0 spiro atoms. The van der Waals surface area contributed by atoms with Crippen LogP contribution < -0.4 is 10.2 Å².